The average Bonchev–Trinajstić information content (AvgIpc) is 3.12. The van der Waals surface area contributed by atoms with Gasteiger partial charge in [-0.1, -0.05) is 11.3 Å². The quantitative estimate of drug-likeness (QED) is 0.375. The van der Waals surface area contributed by atoms with E-state index in [1.165, 1.54) is 29.8 Å². The molecule has 9 nitrogen and oxygen atoms in total. The fourth-order valence-corrected chi connectivity index (χ4v) is 3.51. The molecule has 0 fully saturated rings. The van der Waals surface area contributed by atoms with Crippen LogP contribution in [0.4, 0.5) is 28.1 Å². The van der Waals surface area contributed by atoms with E-state index in [2.05, 4.69) is 25.6 Å². The minimum absolute atomic E-state index is 0.195. The molecular formula is C19H16N6O3S. The van der Waals surface area contributed by atoms with Gasteiger partial charge in [0.1, 0.15) is 17.8 Å². The number of nitrogens with zero attached hydrogens (tertiary/aromatic N) is 3. The smallest absolute Gasteiger partial charge is 0.335 e. The summed E-state index contributed by atoms with van der Waals surface area (Å²) in [6.07, 6.45) is 1.38. The first-order chi connectivity index (χ1) is 14.0. The average molecular weight is 408 g/mol. The van der Waals surface area contributed by atoms with Crippen LogP contribution in [0, 0.1) is 0 Å². The molecule has 0 saturated carbocycles. The molecule has 5 N–H and O–H groups in total. The second-order valence-electron chi connectivity index (χ2n) is 5.97. The van der Waals surface area contributed by atoms with E-state index >= 15 is 0 Å². The number of nitrogens with two attached hydrogens (primary N) is 1. The first-order valence-electron chi connectivity index (χ1n) is 8.46. The number of carbonyl (C=O) groups is 1. The summed E-state index contributed by atoms with van der Waals surface area (Å²) in [7, 11) is 1.62. The molecule has 29 heavy (non-hydrogen) atoms. The molecule has 0 amide bonds. The van der Waals surface area contributed by atoms with Crippen LogP contribution >= 0.6 is 11.3 Å². The fraction of sp³-hybridized carbons (Fsp3) is 0.0526. The zero-order valence-electron chi connectivity index (χ0n) is 15.2. The molecule has 0 aliphatic rings. The van der Waals surface area contributed by atoms with Crippen molar-refractivity contribution in [2.24, 2.45) is 0 Å². The Hall–Kier alpha value is -3.92. The highest BCUT2D eigenvalue weighted by Crippen LogP contribution is 2.33. The highest BCUT2D eigenvalue weighted by Gasteiger charge is 2.12. The number of hydrogen-bond donors (Lipinski definition) is 4. The number of carboxylic acids is 1. The molecule has 0 radical (unpaired) electrons. The molecule has 10 heteroatoms. The summed E-state index contributed by atoms with van der Waals surface area (Å²) >= 11 is 1.45. The molecule has 146 valence electrons. The van der Waals surface area contributed by atoms with Crippen LogP contribution in [0.5, 0.6) is 5.75 Å². The molecule has 4 rings (SSSR count). The number of anilines is 5. The van der Waals surface area contributed by atoms with Gasteiger partial charge in [-0.25, -0.2) is 19.7 Å². The van der Waals surface area contributed by atoms with Crippen LogP contribution in [-0.2, 0) is 0 Å². The predicted octanol–water partition coefficient (Wildman–Crippen LogP) is 3.86. The molecular weight excluding hydrogens is 392 g/mol. The lowest BCUT2D eigenvalue weighted by Crippen LogP contribution is -2.05. The lowest BCUT2D eigenvalue weighted by Gasteiger charge is -2.11. The van der Waals surface area contributed by atoms with Gasteiger partial charge in [0.25, 0.3) is 0 Å². The van der Waals surface area contributed by atoms with Gasteiger partial charge in [-0.15, -0.1) is 0 Å². The molecule has 0 bridgehead atoms. The maximum Gasteiger partial charge on any atom is 0.335 e. The molecule has 0 aliphatic carbocycles. The van der Waals surface area contributed by atoms with E-state index in [-0.39, 0.29) is 5.56 Å². The van der Waals surface area contributed by atoms with E-state index in [4.69, 9.17) is 15.6 Å². The normalized spacial score (nSPS) is 10.7. The van der Waals surface area contributed by atoms with Gasteiger partial charge in [0.2, 0.25) is 0 Å². The molecule has 2 heterocycles. The number of hydrogen-bond acceptors (Lipinski definition) is 9. The third kappa shape index (κ3) is 3.87. The SMILES string of the molecule is COc1ccc2nc(Nc3ncnc(Nc4ccc(C(=O)O)cc4)c3N)sc2c1. The molecule has 0 spiro atoms. The molecule has 2 aromatic heterocycles. The Kier molecular flexibility index (Phi) is 4.83. The van der Waals surface area contributed by atoms with Gasteiger partial charge in [-0.2, -0.15) is 0 Å². The number of fused-ring (bicyclic) bond motifs is 1. The third-order valence-corrected chi connectivity index (χ3v) is 5.03. The van der Waals surface area contributed by atoms with Crippen LogP contribution in [0.2, 0.25) is 0 Å². The van der Waals surface area contributed by atoms with Crippen LogP contribution in [0.1, 0.15) is 10.4 Å². The van der Waals surface area contributed by atoms with Crippen molar-refractivity contribution in [2.45, 2.75) is 0 Å². The monoisotopic (exact) mass is 408 g/mol. The van der Waals surface area contributed by atoms with Crippen molar-refractivity contribution in [3.63, 3.8) is 0 Å². The summed E-state index contributed by atoms with van der Waals surface area (Å²) in [6.45, 7) is 0. The number of aromatic nitrogens is 3. The first kappa shape index (κ1) is 18.4. The summed E-state index contributed by atoms with van der Waals surface area (Å²) in [5, 5.41) is 15.8. The van der Waals surface area contributed by atoms with Crippen molar-refractivity contribution in [1.29, 1.82) is 0 Å². The number of methoxy groups -OCH3 is 1. The van der Waals surface area contributed by atoms with Crippen LogP contribution in [0.15, 0.2) is 48.8 Å². The van der Waals surface area contributed by atoms with E-state index < -0.39 is 5.97 Å². The van der Waals surface area contributed by atoms with Gasteiger partial charge in [-0.3, -0.25) is 0 Å². The summed E-state index contributed by atoms with van der Waals surface area (Å²) in [6, 6.07) is 11.9. The minimum Gasteiger partial charge on any atom is -0.497 e. The van der Waals surface area contributed by atoms with Crippen molar-refractivity contribution < 1.29 is 14.6 Å². The van der Waals surface area contributed by atoms with Crippen molar-refractivity contribution in [3.8, 4) is 5.75 Å². The Balaban J connectivity index is 1.57. The number of aromatic carboxylic acids is 1. The number of carboxylic acid groups (broad SMARTS) is 1. The van der Waals surface area contributed by atoms with Gasteiger partial charge in [0, 0.05) is 5.69 Å². The number of ether oxygens (including phenoxy) is 1. The molecule has 0 unspecified atom stereocenters. The van der Waals surface area contributed by atoms with Crippen LogP contribution in [0.3, 0.4) is 0 Å². The predicted molar refractivity (Wildman–Crippen MR) is 113 cm³/mol. The van der Waals surface area contributed by atoms with Crippen molar-refractivity contribution >= 4 is 55.7 Å². The molecule has 0 aliphatic heterocycles. The summed E-state index contributed by atoms with van der Waals surface area (Å²) in [4.78, 5) is 23.8. The second-order valence-corrected chi connectivity index (χ2v) is 7.00. The topological polar surface area (TPSA) is 135 Å². The van der Waals surface area contributed by atoms with Crippen molar-refractivity contribution in [1.82, 2.24) is 15.0 Å². The second kappa shape index (κ2) is 7.60. The van der Waals surface area contributed by atoms with E-state index in [9.17, 15) is 4.79 Å². The minimum atomic E-state index is -0.988. The Labute approximate surface area is 169 Å². The van der Waals surface area contributed by atoms with E-state index in [1.807, 2.05) is 18.2 Å². The Morgan fingerprint density at radius 2 is 1.83 bits per heavy atom. The maximum absolute atomic E-state index is 11.0. The number of rotatable bonds is 6. The largest absolute Gasteiger partial charge is 0.497 e. The maximum atomic E-state index is 11.0. The van der Waals surface area contributed by atoms with Crippen LogP contribution in [-0.4, -0.2) is 33.1 Å². The van der Waals surface area contributed by atoms with Gasteiger partial charge in [0.05, 0.1) is 22.9 Å². The lowest BCUT2D eigenvalue weighted by molar-refractivity contribution is 0.0697. The summed E-state index contributed by atoms with van der Waals surface area (Å²) in [5.41, 5.74) is 8.20. The molecule has 2 aromatic carbocycles. The third-order valence-electron chi connectivity index (χ3n) is 4.10. The van der Waals surface area contributed by atoms with E-state index in [0.29, 0.717) is 28.1 Å². The van der Waals surface area contributed by atoms with E-state index in [0.717, 1.165) is 16.0 Å². The Morgan fingerprint density at radius 1 is 1.10 bits per heavy atom. The van der Waals surface area contributed by atoms with Gasteiger partial charge in [0.15, 0.2) is 16.8 Å². The van der Waals surface area contributed by atoms with Gasteiger partial charge < -0.3 is 26.2 Å². The highest BCUT2D eigenvalue weighted by molar-refractivity contribution is 7.22. The molecule has 0 saturated heterocycles. The number of benzene rings is 2. The molecule has 4 aromatic rings. The molecule has 0 atom stereocenters. The summed E-state index contributed by atoms with van der Waals surface area (Å²) < 4.78 is 6.21. The van der Waals surface area contributed by atoms with Gasteiger partial charge >= 0.3 is 5.97 Å². The van der Waals surface area contributed by atoms with Gasteiger partial charge in [-0.05, 0) is 42.5 Å². The van der Waals surface area contributed by atoms with Crippen molar-refractivity contribution in [2.75, 3.05) is 23.5 Å². The zero-order valence-corrected chi connectivity index (χ0v) is 16.0. The highest BCUT2D eigenvalue weighted by atomic mass is 32.1. The van der Waals surface area contributed by atoms with Crippen molar-refractivity contribution in [3.05, 3.63) is 54.4 Å². The number of nitrogens with one attached hydrogen (secondary N) is 2. The number of nitrogen functional groups attached to an aromatic ring is 1. The van der Waals surface area contributed by atoms with Crippen LogP contribution in [0.25, 0.3) is 10.2 Å². The van der Waals surface area contributed by atoms with Crippen LogP contribution < -0.4 is 21.1 Å². The number of thiazole rings is 1. The lowest BCUT2D eigenvalue weighted by atomic mass is 10.2. The Morgan fingerprint density at radius 3 is 2.52 bits per heavy atom. The fourth-order valence-electron chi connectivity index (χ4n) is 2.61. The standard InChI is InChI=1S/C19H16N6O3S/c1-28-12-6-7-13-14(8-12)29-19(24-13)25-17-15(20)16(21-9-22-17)23-11-4-2-10(3-5-11)18(26)27/h2-9H,20H2,1H3,(H,26,27)(H2,21,22,23,24,25). The summed E-state index contributed by atoms with van der Waals surface area (Å²) in [5.74, 6) is 0.580. The zero-order chi connectivity index (χ0) is 20.4. The Bertz CT molecular complexity index is 1190. The first-order valence-corrected chi connectivity index (χ1v) is 9.27. The van der Waals surface area contributed by atoms with E-state index in [1.54, 1.807) is 19.2 Å².